The Morgan fingerprint density at radius 3 is 3.10 bits per heavy atom. The summed E-state index contributed by atoms with van der Waals surface area (Å²) in [4.78, 5) is 18.9. The molecule has 110 valence electrons. The molecule has 0 bridgehead atoms. The number of hydrogen-bond acceptors (Lipinski definition) is 4. The molecule has 0 spiro atoms. The van der Waals surface area contributed by atoms with Crippen LogP contribution in [-0.4, -0.2) is 45.1 Å². The van der Waals surface area contributed by atoms with Crippen molar-refractivity contribution in [3.05, 3.63) is 23.5 Å². The van der Waals surface area contributed by atoms with Crippen molar-refractivity contribution in [3.63, 3.8) is 0 Å². The molecule has 6 nitrogen and oxygen atoms in total. The zero-order valence-electron chi connectivity index (χ0n) is 12.0. The third-order valence-corrected chi connectivity index (χ3v) is 5.05. The van der Waals surface area contributed by atoms with E-state index in [0.717, 1.165) is 37.0 Å². The Balaban J connectivity index is 1.60. The number of carbonyl (C=O) groups is 1. The first-order valence-corrected chi connectivity index (χ1v) is 7.49. The van der Waals surface area contributed by atoms with Crippen LogP contribution in [0, 0.1) is 18.8 Å². The maximum atomic E-state index is 12.7. The molecule has 2 aromatic rings. The fourth-order valence-corrected chi connectivity index (χ4v) is 3.79. The number of pyridine rings is 1. The van der Waals surface area contributed by atoms with Crippen LogP contribution in [0.25, 0.3) is 11.0 Å². The summed E-state index contributed by atoms with van der Waals surface area (Å²) in [7, 11) is 0. The number of carbonyl (C=O) groups excluding carboxylic acids is 1. The minimum absolute atomic E-state index is 0.0617. The molecule has 3 atom stereocenters. The highest BCUT2D eigenvalue weighted by molar-refractivity contribution is 5.97. The highest BCUT2D eigenvalue weighted by Gasteiger charge is 2.42. The predicted molar refractivity (Wildman–Crippen MR) is 78.7 cm³/mol. The Kier molecular flexibility index (Phi) is 2.75. The molecular weight excluding hydrogens is 266 g/mol. The second-order valence-electron chi connectivity index (χ2n) is 6.32. The van der Waals surface area contributed by atoms with Crippen LogP contribution >= 0.6 is 0 Å². The van der Waals surface area contributed by atoms with Gasteiger partial charge in [0.1, 0.15) is 0 Å². The Morgan fingerprint density at radius 2 is 2.29 bits per heavy atom. The molecule has 4 rings (SSSR count). The normalized spacial score (nSPS) is 28.3. The first-order chi connectivity index (χ1) is 10.1. The minimum atomic E-state index is 0.0617. The fraction of sp³-hybridized carbons (Fsp3) is 0.533. The first kappa shape index (κ1) is 12.8. The van der Waals surface area contributed by atoms with Crippen LogP contribution in [0.2, 0.25) is 0 Å². The van der Waals surface area contributed by atoms with Crippen molar-refractivity contribution in [1.29, 1.82) is 0 Å². The standard InChI is InChI=1S/C15H19N5O/c1-8-11-4-10(5-17-14(11)19-18-8)15(21)20-6-9-2-3-13(16)12(9)7-20/h4-5,9,12-13H,2-3,6-7,16H2,1H3,(H,17,18,19). The summed E-state index contributed by atoms with van der Waals surface area (Å²) in [6.45, 7) is 3.55. The van der Waals surface area contributed by atoms with E-state index in [0.29, 0.717) is 23.0 Å². The van der Waals surface area contributed by atoms with Crippen LogP contribution in [0.3, 0.4) is 0 Å². The van der Waals surface area contributed by atoms with E-state index in [9.17, 15) is 4.79 Å². The summed E-state index contributed by atoms with van der Waals surface area (Å²) in [5.41, 5.74) is 8.37. The number of nitrogens with one attached hydrogen (secondary N) is 1. The molecule has 1 saturated heterocycles. The molecule has 3 N–H and O–H groups in total. The number of nitrogens with zero attached hydrogens (tertiary/aromatic N) is 3. The van der Waals surface area contributed by atoms with Crippen molar-refractivity contribution in [2.75, 3.05) is 13.1 Å². The van der Waals surface area contributed by atoms with Gasteiger partial charge in [-0.25, -0.2) is 4.98 Å². The predicted octanol–water partition coefficient (Wildman–Crippen LogP) is 1.08. The molecular formula is C15H19N5O. The van der Waals surface area contributed by atoms with Crippen molar-refractivity contribution in [1.82, 2.24) is 20.1 Å². The molecule has 3 heterocycles. The average molecular weight is 285 g/mol. The van der Waals surface area contributed by atoms with Gasteiger partial charge in [0.05, 0.1) is 5.56 Å². The van der Waals surface area contributed by atoms with Gasteiger partial charge in [-0.15, -0.1) is 0 Å². The van der Waals surface area contributed by atoms with E-state index in [1.807, 2.05) is 17.9 Å². The van der Waals surface area contributed by atoms with Crippen LogP contribution in [0.4, 0.5) is 0 Å². The zero-order chi connectivity index (χ0) is 14.6. The van der Waals surface area contributed by atoms with Crippen molar-refractivity contribution >= 4 is 16.9 Å². The average Bonchev–Trinajstić information content (AvgIpc) is 3.16. The lowest BCUT2D eigenvalue weighted by molar-refractivity contribution is 0.0779. The van der Waals surface area contributed by atoms with Gasteiger partial charge in [-0.2, -0.15) is 5.10 Å². The number of nitrogens with two attached hydrogens (primary N) is 1. The Bertz CT molecular complexity index is 709. The van der Waals surface area contributed by atoms with E-state index in [-0.39, 0.29) is 11.9 Å². The topological polar surface area (TPSA) is 87.9 Å². The third kappa shape index (κ3) is 1.93. The van der Waals surface area contributed by atoms with Gasteiger partial charge in [0, 0.05) is 36.4 Å². The van der Waals surface area contributed by atoms with Gasteiger partial charge in [-0.3, -0.25) is 9.89 Å². The monoisotopic (exact) mass is 285 g/mol. The smallest absolute Gasteiger partial charge is 0.255 e. The van der Waals surface area contributed by atoms with Gasteiger partial charge in [0.15, 0.2) is 5.65 Å². The van der Waals surface area contributed by atoms with Crippen molar-refractivity contribution in [3.8, 4) is 0 Å². The Hall–Kier alpha value is -1.95. The Morgan fingerprint density at radius 1 is 1.43 bits per heavy atom. The van der Waals surface area contributed by atoms with Gasteiger partial charge in [0.25, 0.3) is 5.91 Å². The number of aromatic amines is 1. The number of fused-ring (bicyclic) bond motifs is 2. The summed E-state index contributed by atoms with van der Waals surface area (Å²) in [5, 5.41) is 7.91. The molecule has 0 radical (unpaired) electrons. The highest BCUT2D eigenvalue weighted by atomic mass is 16.2. The number of H-pyrrole nitrogens is 1. The Labute approximate surface area is 122 Å². The van der Waals surface area contributed by atoms with E-state index in [4.69, 9.17) is 5.73 Å². The zero-order valence-corrected chi connectivity index (χ0v) is 12.0. The molecule has 21 heavy (non-hydrogen) atoms. The van der Waals surface area contributed by atoms with E-state index in [2.05, 4.69) is 15.2 Å². The number of hydrogen-bond donors (Lipinski definition) is 2. The van der Waals surface area contributed by atoms with Gasteiger partial charge < -0.3 is 10.6 Å². The van der Waals surface area contributed by atoms with E-state index in [1.165, 1.54) is 0 Å². The largest absolute Gasteiger partial charge is 0.338 e. The summed E-state index contributed by atoms with van der Waals surface area (Å²) in [6, 6.07) is 2.14. The summed E-state index contributed by atoms with van der Waals surface area (Å²) in [6.07, 6.45) is 3.87. The number of amides is 1. The minimum Gasteiger partial charge on any atom is -0.338 e. The first-order valence-electron chi connectivity index (χ1n) is 7.49. The molecule has 2 aliphatic rings. The number of aryl methyl sites for hydroxylation is 1. The number of likely N-dealkylation sites (tertiary alicyclic amines) is 1. The van der Waals surface area contributed by atoms with Crippen LogP contribution in [0.5, 0.6) is 0 Å². The third-order valence-electron chi connectivity index (χ3n) is 5.05. The SMILES string of the molecule is Cc1[nH]nc2ncc(C(=O)N3CC4CCC(N)C4C3)cc12. The lowest BCUT2D eigenvalue weighted by Crippen LogP contribution is -2.33. The van der Waals surface area contributed by atoms with E-state index >= 15 is 0 Å². The summed E-state index contributed by atoms with van der Waals surface area (Å²) in [5.74, 6) is 1.12. The molecule has 2 fully saturated rings. The van der Waals surface area contributed by atoms with E-state index < -0.39 is 0 Å². The number of aromatic nitrogens is 3. The quantitative estimate of drug-likeness (QED) is 0.820. The van der Waals surface area contributed by atoms with Gasteiger partial charge >= 0.3 is 0 Å². The molecule has 1 aliphatic carbocycles. The molecule has 1 aliphatic heterocycles. The van der Waals surface area contributed by atoms with Crippen molar-refractivity contribution in [2.24, 2.45) is 17.6 Å². The fourth-order valence-electron chi connectivity index (χ4n) is 3.79. The van der Waals surface area contributed by atoms with Crippen molar-refractivity contribution < 1.29 is 4.79 Å². The molecule has 1 amide bonds. The molecule has 6 heteroatoms. The number of rotatable bonds is 1. The second-order valence-corrected chi connectivity index (χ2v) is 6.32. The molecule has 0 aromatic carbocycles. The van der Waals surface area contributed by atoms with Crippen molar-refractivity contribution in [2.45, 2.75) is 25.8 Å². The van der Waals surface area contributed by atoms with Gasteiger partial charge in [0.2, 0.25) is 0 Å². The molecule has 1 saturated carbocycles. The molecule has 3 unspecified atom stereocenters. The molecule has 2 aromatic heterocycles. The summed E-state index contributed by atoms with van der Waals surface area (Å²) >= 11 is 0. The lowest BCUT2D eigenvalue weighted by atomic mass is 9.98. The maximum absolute atomic E-state index is 12.7. The van der Waals surface area contributed by atoms with Gasteiger partial charge in [-0.05, 0) is 37.7 Å². The van der Waals surface area contributed by atoms with Crippen LogP contribution in [-0.2, 0) is 0 Å². The lowest BCUT2D eigenvalue weighted by Gasteiger charge is -2.18. The van der Waals surface area contributed by atoms with Crippen LogP contribution < -0.4 is 5.73 Å². The second kappa shape index (κ2) is 4.53. The van der Waals surface area contributed by atoms with E-state index in [1.54, 1.807) is 6.20 Å². The highest BCUT2D eigenvalue weighted by Crippen LogP contribution is 2.37. The summed E-state index contributed by atoms with van der Waals surface area (Å²) < 4.78 is 0. The maximum Gasteiger partial charge on any atom is 0.255 e. The van der Waals surface area contributed by atoms with Gasteiger partial charge in [-0.1, -0.05) is 0 Å². The van der Waals surface area contributed by atoms with Crippen LogP contribution in [0.15, 0.2) is 12.3 Å². The van der Waals surface area contributed by atoms with Crippen LogP contribution in [0.1, 0.15) is 28.9 Å².